The second kappa shape index (κ2) is 15.1. The molecule has 0 atom stereocenters. The van der Waals surface area contributed by atoms with Gasteiger partial charge in [-0.15, -0.1) is 0 Å². The number of nitrogens with zero attached hydrogens (tertiary/aromatic N) is 4. The quantitative estimate of drug-likeness (QED) is 0.229. The van der Waals surface area contributed by atoms with E-state index >= 15 is 26.3 Å². The van der Waals surface area contributed by atoms with Gasteiger partial charge in [-0.3, -0.25) is 0 Å². The van der Waals surface area contributed by atoms with Crippen LogP contribution in [0.4, 0.5) is 79.0 Å². The molecule has 0 aliphatic heterocycles. The van der Waals surface area contributed by atoms with Crippen molar-refractivity contribution in [2.24, 2.45) is 0 Å². The van der Waals surface area contributed by atoms with Crippen LogP contribution in [-0.4, -0.2) is 36.9 Å². The minimum Gasteiger partial charge on any atom is -0.471 e. The number of hydrogen-bond acceptors (Lipinski definition) is 6. The van der Waals surface area contributed by atoms with Gasteiger partial charge in [0.05, 0.1) is 11.1 Å². The number of ether oxygens (including phenoxy) is 2. The van der Waals surface area contributed by atoms with Gasteiger partial charge in [-0.25, -0.2) is 0 Å². The third-order valence-electron chi connectivity index (χ3n) is 7.00. The summed E-state index contributed by atoms with van der Waals surface area (Å²) in [5.74, 6) is -2.77. The fraction of sp³-hybridized carbons (Fsp3) is 0.250. The summed E-state index contributed by atoms with van der Waals surface area (Å²) < 4.78 is 255. The highest BCUT2D eigenvalue weighted by Crippen LogP contribution is 2.43. The molecule has 0 saturated carbocycles. The van der Waals surface area contributed by atoms with Crippen LogP contribution in [0.5, 0.6) is 11.5 Å². The molecule has 24 heteroatoms. The smallest absolute Gasteiger partial charge is 0.434 e. The average Bonchev–Trinajstić information content (AvgIpc) is 3.04. The fourth-order valence-electron chi connectivity index (χ4n) is 4.98. The molecule has 0 heterocycles. The van der Waals surface area contributed by atoms with E-state index in [2.05, 4.69) is 9.47 Å². The van der Waals surface area contributed by atoms with Crippen molar-refractivity contribution >= 4 is 11.1 Å². The van der Waals surface area contributed by atoms with E-state index in [1.807, 2.05) is 0 Å². The van der Waals surface area contributed by atoms with E-state index in [4.69, 9.17) is 0 Å². The Morgan fingerprint density at radius 3 is 0.821 bits per heavy atom. The number of nitriles is 4. The van der Waals surface area contributed by atoms with E-state index < -0.39 is 116 Å². The van der Waals surface area contributed by atoms with Gasteiger partial charge in [0.1, 0.15) is 46.9 Å². The van der Waals surface area contributed by atoms with Gasteiger partial charge in [0.25, 0.3) is 12.2 Å². The van der Waals surface area contributed by atoms with Crippen molar-refractivity contribution in [3.8, 4) is 58.0 Å². The van der Waals surface area contributed by atoms with Gasteiger partial charge in [0.15, 0.2) is 0 Å². The van der Waals surface area contributed by atoms with Crippen molar-refractivity contribution in [2.45, 2.75) is 49.3 Å². The molecule has 0 saturated heterocycles. The Bertz CT molecular complexity index is 2050. The molecule has 0 aromatic heterocycles. The molecule has 0 N–H and O–H groups in total. The Morgan fingerprint density at radius 2 is 0.643 bits per heavy atom. The molecule has 0 bridgehead atoms. The molecule has 0 spiro atoms. The van der Waals surface area contributed by atoms with Gasteiger partial charge in [0.2, 0.25) is 0 Å². The summed E-state index contributed by atoms with van der Waals surface area (Å²) in [6, 6.07) is 4.76. The zero-order valence-corrected chi connectivity index (χ0v) is 26.2. The largest absolute Gasteiger partial charge is 0.471 e. The lowest BCUT2D eigenvalue weighted by molar-refractivity contribution is -0.300. The molecular weight excluding hydrogens is 814 g/mol. The summed E-state index contributed by atoms with van der Waals surface area (Å²) in [7, 11) is 0. The first kappa shape index (κ1) is 44.1. The summed E-state index contributed by atoms with van der Waals surface area (Å²) in [5.41, 5.74) is -14.8. The van der Waals surface area contributed by atoms with Crippen LogP contribution in [0.2, 0.25) is 0 Å². The highest BCUT2D eigenvalue weighted by atomic mass is 19.4. The zero-order chi connectivity index (χ0) is 43.0. The summed E-state index contributed by atoms with van der Waals surface area (Å²) in [6.45, 7) is 0. The third-order valence-corrected chi connectivity index (χ3v) is 7.00. The van der Waals surface area contributed by atoms with E-state index in [9.17, 15) is 73.7 Å². The number of rotatable bonds is 6. The predicted octanol–water partition coefficient (Wildman–Crippen LogP) is 9.20. The molecule has 3 aromatic carbocycles. The fourth-order valence-corrected chi connectivity index (χ4v) is 4.98. The molecule has 56 heavy (non-hydrogen) atoms. The van der Waals surface area contributed by atoms with Crippen molar-refractivity contribution in [1.82, 2.24) is 0 Å². The number of halogens is 18. The van der Waals surface area contributed by atoms with Crippen LogP contribution in [-0.2, 0) is 12.4 Å². The van der Waals surface area contributed by atoms with Crippen molar-refractivity contribution in [1.29, 1.82) is 21.0 Å². The van der Waals surface area contributed by atoms with Crippen molar-refractivity contribution in [3.63, 3.8) is 0 Å². The standard InChI is InChI=1S/C32H10F18N4O2/c33-27(34,35)23-19(13-1-5-17(6-2-13)55-25(29(39,40)41)30(42,43)44)21(15(9-51)10-52)24(28(36,37)38)20(22(23)16(11-53)12-54)14-3-7-18(8-4-14)56-26(31(45,46)47)32(48,49)50/h1-8,25-26H. The second-order valence-electron chi connectivity index (χ2n) is 10.7. The Labute approximate surface area is 298 Å². The highest BCUT2D eigenvalue weighted by molar-refractivity contribution is 5.90. The SMILES string of the molecule is N#CC(C#N)=c1c(-c2ccc(OC(C(F)(F)F)C(F)(F)F)cc2)c(C(F)(F)F)c(=C(C#N)C#N)c(-c2ccc(OC(C(F)(F)F)C(F)(F)F)cc2)c1C(F)(F)F. The normalized spacial score (nSPS) is 12.7. The first-order valence-electron chi connectivity index (χ1n) is 14.0. The summed E-state index contributed by atoms with van der Waals surface area (Å²) >= 11 is 0. The molecule has 0 aliphatic rings. The van der Waals surface area contributed by atoms with Crippen molar-refractivity contribution in [3.05, 3.63) is 70.1 Å². The Balaban J connectivity index is 2.67. The first-order valence-corrected chi connectivity index (χ1v) is 14.0. The van der Waals surface area contributed by atoms with Gasteiger partial charge in [-0.05, 0) is 35.4 Å². The van der Waals surface area contributed by atoms with Gasteiger partial charge in [-0.1, -0.05) is 24.3 Å². The molecule has 0 aliphatic carbocycles. The highest BCUT2D eigenvalue weighted by Gasteiger charge is 2.60. The lowest BCUT2D eigenvalue weighted by Crippen LogP contribution is -2.46. The maximum atomic E-state index is 15.2. The van der Waals surface area contributed by atoms with Gasteiger partial charge >= 0.3 is 37.1 Å². The van der Waals surface area contributed by atoms with Gasteiger partial charge in [-0.2, -0.15) is 100 Å². The van der Waals surface area contributed by atoms with E-state index in [1.165, 1.54) is 0 Å². The van der Waals surface area contributed by atoms with Crippen LogP contribution in [0.15, 0.2) is 48.5 Å². The van der Waals surface area contributed by atoms with E-state index in [-0.39, 0.29) is 48.5 Å². The van der Waals surface area contributed by atoms with E-state index in [0.717, 1.165) is 24.3 Å². The Morgan fingerprint density at radius 1 is 0.411 bits per heavy atom. The van der Waals surface area contributed by atoms with E-state index in [0.29, 0.717) is 0 Å². The zero-order valence-electron chi connectivity index (χ0n) is 26.2. The monoisotopic (exact) mass is 824 g/mol. The van der Waals surface area contributed by atoms with E-state index in [1.54, 1.807) is 0 Å². The second-order valence-corrected chi connectivity index (χ2v) is 10.7. The third kappa shape index (κ3) is 9.31. The van der Waals surface area contributed by atoms with Crippen LogP contribution >= 0.6 is 0 Å². The van der Waals surface area contributed by atoms with Crippen LogP contribution < -0.4 is 19.9 Å². The molecular formula is C32H10F18N4O2. The summed E-state index contributed by atoms with van der Waals surface area (Å²) in [6.07, 6.45) is -45.7. The molecule has 0 radical (unpaired) electrons. The number of alkyl halides is 18. The van der Waals surface area contributed by atoms with Gasteiger partial charge < -0.3 is 9.47 Å². The number of benzene rings is 3. The molecule has 3 rings (SSSR count). The lowest BCUT2D eigenvalue weighted by Gasteiger charge is -2.25. The van der Waals surface area contributed by atoms with Crippen LogP contribution in [0.3, 0.4) is 0 Å². The van der Waals surface area contributed by atoms with Gasteiger partial charge in [0, 0.05) is 21.6 Å². The maximum Gasteiger partial charge on any atom is 0.434 e. The molecule has 0 amide bonds. The van der Waals surface area contributed by atoms with Crippen LogP contribution in [0.25, 0.3) is 33.4 Å². The minimum absolute atomic E-state index is 0.121. The topological polar surface area (TPSA) is 114 Å². The molecule has 0 unspecified atom stereocenters. The maximum absolute atomic E-state index is 15.2. The van der Waals surface area contributed by atoms with Crippen LogP contribution in [0.1, 0.15) is 11.1 Å². The predicted molar refractivity (Wildman–Crippen MR) is 149 cm³/mol. The number of hydrogen-bond donors (Lipinski definition) is 0. The van der Waals surface area contributed by atoms with Crippen molar-refractivity contribution in [2.75, 3.05) is 0 Å². The Hall–Kier alpha value is -6.30. The lowest BCUT2D eigenvalue weighted by atomic mass is 9.83. The first-order chi connectivity index (χ1) is 25.4. The minimum atomic E-state index is -6.13. The van der Waals surface area contributed by atoms with Crippen molar-refractivity contribution < 1.29 is 88.5 Å². The Kier molecular flexibility index (Phi) is 11.9. The summed E-state index contributed by atoms with van der Waals surface area (Å²) in [4.78, 5) is 0. The van der Waals surface area contributed by atoms with Crippen LogP contribution in [0, 0.1) is 45.3 Å². The molecule has 296 valence electrons. The molecule has 6 nitrogen and oxygen atoms in total. The summed E-state index contributed by atoms with van der Waals surface area (Å²) in [5, 5.41) is 34.4. The molecule has 0 fully saturated rings. The molecule has 3 aromatic rings. The average molecular weight is 824 g/mol.